The van der Waals surface area contributed by atoms with Gasteiger partial charge in [0.25, 0.3) is 11.8 Å². The number of amides is 4. The lowest BCUT2D eigenvalue weighted by Crippen LogP contribution is -2.52. The zero-order chi connectivity index (χ0) is 18.4. The van der Waals surface area contributed by atoms with Gasteiger partial charge in [0.2, 0.25) is 0 Å². The highest BCUT2D eigenvalue weighted by Gasteiger charge is 2.38. The molecule has 0 aromatic carbocycles. The molecule has 2 aromatic rings. The fourth-order valence-corrected chi connectivity index (χ4v) is 3.41. The fourth-order valence-electron chi connectivity index (χ4n) is 3.41. The normalized spacial score (nSPS) is 18.5. The summed E-state index contributed by atoms with van der Waals surface area (Å²) < 4.78 is 1.86. The first-order chi connectivity index (χ1) is 12.5. The standard InChI is InChI=1S/C18H19N5O3/c1-20-16(24)12(17(25)21(2)18(20)26)11-13-15(22-8-5-6-9-22)19-14-7-3-4-10-23(13)14/h3-4,7,10-11H,5-6,8-9H2,1-2H3. The average molecular weight is 353 g/mol. The van der Waals surface area contributed by atoms with E-state index in [1.54, 1.807) is 6.08 Å². The van der Waals surface area contributed by atoms with Gasteiger partial charge >= 0.3 is 6.03 Å². The molecule has 8 nitrogen and oxygen atoms in total. The van der Waals surface area contributed by atoms with Crippen LogP contribution in [0.5, 0.6) is 0 Å². The second kappa shape index (κ2) is 5.98. The molecule has 4 amide bonds. The van der Waals surface area contributed by atoms with Crippen molar-refractivity contribution in [3.63, 3.8) is 0 Å². The van der Waals surface area contributed by atoms with Crippen molar-refractivity contribution in [1.82, 2.24) is 19.2 Å². The molecular weight excluding hydrogens is 334 g/mol. The van der Waals surface area contributed by atoms with E-state index >= 15 is 0 Å². The number of rotatable bonds is 2. The molecule has 0 bridgehead atoms. The van der Waals surface area contributed by atoms with Gasteiger partial charge in [-0.25, -0.2) is 9.78 Å². The molecule has 2 aromatic heterocycles. The number of hydrogen-bond acceptors (Lipinski definition) is 5. The van der Waals surface area contributed by atoms with E-state index in [1.165, 1.54) is 14.1 Å². The van der Waals surface area contributed by atoms with Crippen molar-refractivity contribution in [3.8, 4) is 0 Å². The quantitative estimate of drug-likeness (QED) is 0.602. The third-order valence-electron chi connectivity index (χ3n) is 4.88. The van der Waals surface area contributed by atoms with E-state index < -0.39 is 17.8 Å². The van der Waals surface area contributed by atoms with Gasteiger partial charge in [0, 0.05) is 33.4 Å². The highest BCUT2D eigenvalue weighted by molar-refractivity contribution is 6.30. The molecule has 8 heteroatoms. The van der Waals surface area contributed by atoms with Gasteiger partial charge in [-0.15, -0.1) is 0 Å². The molecule has 0 N–H and O–H groups in total. The summed E-state index contributed by atoms with van der Waals surface area (Å²) in [7, 11) is 2.74. The Morgan fingerprint density at radius 1 is 1.00 bits per heavy atom. The zero-order valence-electron chi connectivity index (χ0n) is 14.7. The van der Waals surface area contributed by atoms with Gasteiger partial charge in [-0.3, -0.25) is 23.8 Å². The minimum atomic E-state index is -0.630. The van der Waals surface area contributed by atoms with E-state index in [1.807, 2.05) is 28.8 Å². The van der Waals surface area contributed by atoms with Crippen LogP contribution in [0.25, 0.3) is 11.7 Å². The van der Waals surface area contributed by atoms with Gasteiger partial charge in [-0.1, -0.05) is 6.07 Å². The second-order valence-electron chi connectivity index (χ2n) is 6.51. The number of pyridine rings is 1. The summed E-state index contributed by atoms with van der Waals surface area (Å²) in [4.78, 5) is 45.8. The van der Waals surface area contributed by atoms with Gasteiger partial charge < -0.3 is 4.90 Å². The summed E-state index contributed by atoms with van der Waals surface area (Å²) >= 11 is 0. The number of barbiturate groups is 1. The number of fused-ring (bicyclic) bond motifs is 1. The first-order valence-corrected chi connectivity index (χ1v) is 8.53. The van der Waals surface area contributed by atoms with Crippen molar-refractivity contribution < 1.29 is 14.4 Å². The van der Waals surface area contributed by atoms with Crippen LogP contribution in [0.3, 0.4) is 0 Å². The Morgan fingerprint density at radius 3 is 2.31 bits per heavy atom. The lowest BCUT2D eigenvalue weighted by molar-refractivity contribution is -0.134. The Labute approximate surface area is 150 Å². The maximum Gasteiger partial charge on any atom is 0.333 e. The molecule has 4 rings (SSSR count). The molecule has 0 saturated carbocycles. The number of imide groups is 2. The van der Waals surface area contributed by atoms with Crippen molar-refractivity contribution in [2.45, 2.75) is 12.8 Å². The van der Waals surface area contributed by atoms with E-state index in [2.05, 4.69) is 4.90 Å². The van der Waals surface area contributed by atoms with E-state index in [4.69, 9.17) is 4.98 Å². The molecule has 0 unspecified atom stereocenters. The minimum absolute atomic E-state index is 0.0410. The van der Waals surface area contributed by atoms with E-state index in [0.29, 0.717) is 5.69 Å². The van der Waals surface area contributed by atoms with Crippen LogP contribution >= 0.6 is 0 Å². The van der Waals surface area contributed by atoms with Gasteiger partial charge in [-0.05, 0) is 31.1 Å². The minimum Gasteiger partial charge on any atom is -0.355 e. The van der Waals surface area contributed by atoms with Crippen molar-refractivity contribution in [2.75, 3.05) is 32.1 Å². The first kappa shape index (κ1) is 16.3. The lowest BCUT2D eigenvalue weighted by Gasteiger charge is -2.29. The highest BCUT2D eigenvalue weighted by Crippen LogP contribution is 2.28. The third kappa shape index (κ3) is 2.37. The average Bonchev–Trinajstić information content (AvgIpc) is 3.29. The summed E-state index contributed by atoms with van der Waals surface area (Å²) in [5.74, 6) is -0.447. The Balaban J connectivity index is 1.89. The van der Waals surface area contributed by atoms with Crippen molar-refractivity contribution >= 4 is 35.4 Å². The summed E-state index contributed by atoms with van der Waals surface area (Å²) in [6.45, 7) is 1.78. The van der Waals surface area contributed by atoms with Gasteiger partial charge in [0.05, 0.1) is 5.69 Å². The summed E-state index contributed by atoms with van der Waals surface area (Å²) in [6.07, 6.45) is 5.58. The molecule has 2 saturated heterocycles. The van der Waals surface area contributed by atoms with Crippen LogP contribution in [0.4, 0.5) is 10.6 Å². The number of nitrogens with zero attached hydrogens (tertiary/aromatic N) is 5. The van der Waals surface area contributed by atoms with Gasteiger partial charge in [0.15, 0.2) is 5.82 Å². The summed E-state index contributed by atoms with van der Waals surface area (Å²) in [5, 5.41) is 0. The maximum atomic E-state index is 12.5. The number of carbonyl (C=O) groups is 3. The number of urea groups is 1. The molecule has 4 heterocycles. The summed E-state index contributed by atoms with van der Waals surface area (Å²) in [5.41, 5.74) is 1.38. The van der Waals surface area contributed by atoms with Gasteiger partial charge in [-0.2, -0.15) is 0 Å². The van der Waals surface area contributed by atoms with Crippen molar-refractivity contribution in [3.05, 3.63) is 35.7 Å². The predicted octanol–water partition coefficient (Wildman–Crippen LogP) is 1.37. The van der Waals surface area contributed by atoms with Crippen LogP contribution in [0.15, 0.2) is 30.0 Å². The Bertz CT molecular complexity index is 929. The first-order valence-electron chi connectivity index (χ1n) is 8.53. The number of anilines is 1. The number of imidazole rings is 1. The largest absolute Gasteiger partial charge is 0.355 e. The smallest absolute Gasteiger partial charge is 0.333 e. The molecule has 134 valence electrons. The molecule has 2 fully saturated rings. The van der Waals surface area contributed by atoms with E-state index in [9.17, 15) is 14.4 Å². The number of aromatic nitrogens is 2. The molecule has 0 aliphatic carbocycles. The molecule has 0 radical (unpaired) electrons. The van der Waals surface area contributed by atoms with Crippen LogP contribution in [0.2, 0.25) is 0 Å². The molecule has 26 heavy (non-hydrogen) atoms. The van der Waals surface area contributed by atoms with Crippen molar-refractivity contribution in [1.29, 1.82) is 0 Å². The number of hydrogen-bond donors (Lipinski definition) is 0. The SMILES string of the molecule is CN1C(=O)C(=Cc2c(N3CCCC3)nc3ccccn23)C(=O)N(C)C1=O. The maximum absolute atomic E-state index is 12.5. The van der Waals surface area contributed by atoms with E-state index in [-0.39, 0.29) is 5.57 Å². The molecule has 0 atom stereocenters. The fraction of sp³-hybridized carbons (Fsp3) is 0.333. The van der Waals surface area contributed by atoms with Crippen LogP contribution < -0.4 is 4.90 Å². The number of likely N-dealkylation sites (N-methyl/N-ethyl adjacent to an activating group) is 2. The van der Waals surface area contributed by atoms with Gasteiger partial charge in [0.1, 0.15) is 11.2 Å². The Kier molecular flexibility index (Phi) is 3.75. The van der Waals surface area contributed by atoms with Crippen LogP contribution in [-0.2, 0) is 9.59 Å². The molecule has 2 aliphatic rings. The monoisotopic (exact) mass is 353 g/mol. The second-order valence-corrected chi connectivity index (χ2v) is 6.51. The number of carbonyl (C=O) groups excluding carboxylic acids is 3. The lowest BCUT2D eigenvalue weighted by atomic mass is 10.1. The Morgan fingerprint density at radius 2 is 1.65 bits per heavy atom. The molecular formula is C18H19N5O3. The zero-order valence-corrected chi connectivity index (χ0v) is 14.7. The van der Waals surface area contributed by atoms with Crippen LogP contribution in [0.1, 0.15) is 18.5 Å². The topological polar surface area (TPSA) is 78.2 Å². The molecule has 2 aliphatic heterocycles. The highest BCUT2D eigenvalue weighted by atomic mass is 16.2. The third-order valence-corrected chi connectivity index (χ3v) is 4.88. The summed E-state index contributed by atoms with van der Waals surface area (Å²) in [6, 6.07) is 5.02. The molecule has 0 spiro atoms. The predicted molar refractivity (Wildman–Crippen MR) is 95.6 cm³/mol. The van der Waals surface area contributed by atoms with Crippen LogP contribution in [0, 0.1) is 0 Å². The van der Waals surface area contributed by atoms with Crippen molar-refractivity contribution in [2.24, 2.45) is 0 Å². The Hall–Kier alpha value is -3.16. The van der Waals surface area contributed by atoms with Crippen LogP contribution in [-0.4, -0.2) is 64.2 Å². The van der Waals surface area contributed by atoms with E-state index in [0.717, 1.165) is 47.2 Å².